The molecule has 0 spiro atoms. The standard InChI is InChI=1S/C16H16N2O2S/c1-11-9-17-16-8-14(6-7-15(16)18-11)13-4-2-12(3-5-13)10-21(19)20/h2-9,11,18,21H,10H2,1H3. The van der Waals surface area contributed by atoms with Crippen LogP contribution in [-0.2, 0) is 16.5 Å². The fourth-order valence-corrected chi connectivity index (χ4v) is 2.88. The number of hydrogen-bond acceptors (Lipinski definition) is 4. The van der Waals surface area contributed by atoms with Crippen LogP contribution in [0.25, 0.3) is 11.1 Å². The summed E-state index contributed by atoms with van der Waals surface area (Å²) in [7, 11) is -2.38. The Balaban J connectivity index is 1.90. The van der Waals surface area contributed by atoms with E-state index < -0.39 is 10.7 Å². The molecule has 2 aromatic carbocycles. The number of anilines is 1. The lowest BCUT2D eigenvalue weighted by Gasteiger charge is -2.18. The van der Waals surface area contributed by atoms with Gasteiger partial charge in [0.05, 0.1) is 23.2 Å². The lowest BCUT2D eigenvalue weighted by Crippen LogP contribution is -2.19. The van der Waals surface area contributed by atoms with Gasteiger partial charge in [-0.25, -0.2) is 8.42 Å². The van der Waals surface area contributed by atoms with E-state index in [0.717, 1.165) is 28.1 Å². The first-order chi connectivity index (χ1) is 10.1. The van der Waals surface area contributed by atoms with Crippen molar-refractivity contribution in [1.82, 2.24) is 0 Å². The molecular weight excluding hydrogens is 284 g/mol. The SMILES string of the molecule is CC1C=Nc2cc(-c3ccc(C[SH](=O)=O)cc3)ccc2N1. The molecule has 4 nitrogen and oxygen atoms in total. The van der Waals surface area contributed by atoms with Gasteiger partial charge in [0.15, 0.2) is 0 Å². The summed E-state index contributed by atoms with van der Waals surface area (Å²) in [5.41, 5.74) is 4.89. The smallest absolute Gasteiger partial charge is 0.144 e. The third-order valence-corrected chi connectivity index (χ3v) is 4.04. The van der Waals surface area contributed by atoms with Crippen molar-refractivity contribution in [2.45, 2.75) is 18.7 Å². The molecule has 1 atom stereocenters. The van der Waals surface area contributed by atoms with Gasteiger partial charge in [-0.15, -0.1) is 0 Å². The average Bonchev–Trinajstić information content (AvgIpc) is 2.47. The van der Waals surface area contributed by atoms with Crippen molar-refractivity contribution in [2.24, 2.45) is 4.99 Å². The molecule has 0 bridgehead atoms. The number of benzene rings is 2. The quantitative estimate of drug-likeness (QED) is 0.857. The Morgan fingerprint density at radius 2 is 1.81 bits per heavy atom. The first kappa shape index (κ1) is 13.8. The molecule has 0 saturated heterocycles. The van der Waals surface area contributed by atoms with Crippen molar-refractivity contribution < 1.29 is 8.42 Å². The number of hydrogen-bond donors (Lipinski definition) is 2. The van der Waals surface area contributed by atoms with Gasteiger partial charge in [-0.2, -0.15) is 0 Å². The van der Waals surface area contributed by atoms with Gasteiger partial charge in [0, 0.05) is 6.21 Å². The molecule has 1 heterocycles. The molecule has 0 fully saturated rings. The number of rotatable bonds is 3. The first-order valence-electron chi connectivity index (χ1n) is 6.78. The Morgan fingerprint density at radius 1 is 1.10 bits per heavy atom. The zero-order valence-electron chi connectivity index (χ0n) is 11.6. The van der Waals surface area contributed by atoms with E-state index in [-0.39, 0.29) is 11.8 Å². The van der Waals surface area contributed by atoms with Crippen LogP contribution in [0.15, 0.2) is 47.5 Å². The van der Waals surface area contributed by atoms with E-state index >= 15 is 0 Å². The van der Waals surface area contributed by atoms with Gasteiger partial charge in [0.1, 0.15) is 10.7 Å². The molecular formula is C16H16N2O2S. The van der Waals surface area contributed by atoms with Crippen LogP contribution in [-0.4, -0.2) is 20.7 Å². The monoisotopic (exact) mass is 300 g/mol. The third kappa shape index (κ3) is 3.13. The molecule has 2 aromatic rings. The molecule has 5 heteroatoms. The highest BCUT2D eigenvalue weighted by atomic mass is 32.2. The van der Waals surface area contributed by atoms with Crippen molar-refractivity contribution >= 4 is 28.3 Å². The summed E-state index contributed by atoms with van der Waals surface area (Å²) in [6, 6.07) is 13.9. The summed E-state index contributed by atoms with van der Waals surface area (Å²) in [5, 5.41) is 3.35. The van der Waals surface area contributed by atoms with Gasteiger partial charge in [-0.3, -0.25) is 4.99 Å². The highest BCUT2D eigenvalue weighted by molar-refractivity contribution is 7.71. The van der Waals surface area contributed by atoms with Crippen LogP contribution >= 0.6 is 0 Å². The zero-order valence-corrected chi connectivity index (χ0v) is 12.5. The average molecular weight is 300 g/mol. The summed E-state index contributed by atoms with van der Waals surface area (Å²) in [6.45, 7) is 2.06. The van der Waals surface area contributed by atoms with Crippen LogP contribution in [0.3, 0.4) is 0 Å². The lowest BCUT2D eigenvalue weighted by molar-refractivity contribution is 0.614. The number of nitrogens with one attached hydrogen (secondary N) is 1. The molecule has 0 amide bonds. The van der Waals surface area contributed by atoms with E-state index in [9.17, 15) is 8.42 Å². The Bertz CT molecular complexity index is 756. The summed E-state index contributed by atoms with van der Waals surface area (Å²) < 4.78 is 21.4. The summed E-state index contributed by atoms with van der Waals surface area (Å²) >= 11 is 0. The van der Waals surface area contributed by atoms with Crippen LogP contribution in [0, 0.1) is 0 Å². The maximum Gasteiger partial charge on any atom is 0.144 e. The molecule has 108 valence electrons. The van der Waals surface area contributed by atoms with E-state index in [1.54, 1.807) is 0 Å². The molecule has 0 aromatic heterocycles. The molecule has 1 unspecified atom stereocenters. The van der Waals surface area contributed by atoms with Crippen molar-refractivity contribution in [3.05, 3.63) is 48.0 Å². The molecule has 1 aliphatic heterocycles. The van der Waals surface area contributed by atoms with Crippen molar-refractivity contribution in [1.29, 1.82) is 0 Å². The summed E-state index contributed by atoms with van der Waals surface area (Å²) in [5.74, 6) is 0.0892. The fourth-order valence-electron chi connectivity index (χ4n) is 2.37. The lowest BCUT2D eigenvalue weighted by atomic mass is 10.0. The number of nitrogens with zero attached hydrogens (tertiary/aromatic N) is 1. The molecule has 0 saturated carbocycles. The highest BCUT2D eigenvalue weighted by Crippen LogP contribution is 2.33. The predicted molar refractivity (Wildman–Crippen MR) is 87.1 cm³/mol. The molecule has 1 aliphatic rings. The van der Waals surface area contributed by atoms with Gasteiger partial charge in [-0.1, -0.05) is 30.3 Å². The topological polar surface area (TPSA) is 58.5 Å². The Morgan fingerprint density at radius 3 is 2.52 bits per heavy atom. The fraction of sp³-hybridized carbons (Fsp3) is 0.188. The minimum atomic E-state index is -2.38. The number of fused-ring (bicyclic) bond motifs is 1. The minimum absolute atomic E-state index is 0.0892. The van der Waals surface area contributed by atoms with Crippen molar-refractivity contribution in [2.75, 3.05) is 5.32 Å². The molecule has 3 rings (SSSR count). The van der Waals surface area contributed by atoms with E-state index in [1.165, 1.54) is 0 Å². The van der Waals surface area contributed by atoms with E-state index in [0.29, 0.717) is 0 Å². The van der Waals surface area contributed by atoms with E-state index in [2.05, 4.69) is 17.2 Å². The molecule has 0 radical (unpaired) electrons. The number of thiol groups is 1. The maximum atomic E-state index is 10.7. The normalized spacial score (nSPS) is 16.6. The van der Waals surface area contributed by atoms with Gasteiger partial charge in [-0.05, 0) is 35.7 Å². The van der Waals surface area contributed by atoms with Gasteiger partial charge < -0.3 is 5.32 Å². The molecule has 1 N–H and O–H groups in total. The Kier molecular flexibility index (Phi) is 3.75. The van der Waals surface area contributed by atoms with Gasteiger partial charge in [0.2, 0.25) is 0 Å². The Hall–Kier alpha value is -2.14. The largest absolute Gasteiger partial charge is 0.376 e. The summed E-state index contributed by atoms with van der Waals surface area (Å²) in [4.78, 5) is 4.45. The van der Waals surface area contributed by atoms with Crippen LogP contribution < -0.4 is 5.32 Å². The van der Waals surface area contributed by atoms with E-state index in [1.807, 2.05) is 48.7 Å². The third-order valence-electron chi connectivity index (χ3n) is 3.42. The van der Waals surface area contributed by atoms with Crippen LogP contribution in [0.4, 0.5) is 11.4 Å². The van der Waals surface area contributed by atoms with Crippen molar-refractivity contribution in [3.8, 4) is 11.1 Å². The van der Waals surface area contributed by atoms with Crippen LogP contribution in [0.2, 0.25) is 0 Å². The van der Waals surface area contributed by atoms with Crippen LogP contribution in [0.5, 0.6) is 0 Å². The highest BCUT2D eigenvalue weighted by Gasteiger charge is 2.10. The summed E-state index contributed by atoms with van der Waals surface area (Å²) in [6.07, 6.45) is 1.89. The second-order valence-corrected chi connectivity index (χ2v) is 6.11. The van der Waals surface area contributed by atoms with Crippen LogP contribution in [0.1, 0.15) is 12.5 Å². The minimum Gasteiger partial charge on any atom is -0.376 e. The second-order valence-electron chi connectivity index (χ2n) is 5.13. The van der Waals surface area contributed by atoms with Gasteiger partial charge in [0.25, 0.3) is 0 Å². The molecule has 0 aliphatic carbocycles. The predicted octanol–water partition coefficient (Wildman–Crippen LogP) is 2.98. The molecule has 21 heavy (non-hydrogen) atoms. The first-order valence-corrected chi connectivity index (χ1v) is 8.14. The van der Waals surface area contributed by atoms with Gasteiger partial charge >= 0.3 is 0 Å². The zero-order chi connectivity index (χ0) is 14.8. The van der Waals surface area contributed by atoms with Crippen molar-refractivity contribution in [3.63, 3.8) is 0 Å². The van der Waals surface area contributed by atoms with E-state index in [4.69, 9.17) is 0 Å². The Labute approximate surface area is 125 Å². The number of aliphatic imine (C=N–C) groups is 1. The maximum absolute atomic E-state index is 10.7. The second kappa shape index (κ2) is 5.69.